The molecule has 3 aliphatic rings. The maximum absolute atomic E-state index is 6.91. The van der Waals surface area contributed by atoms with E-state index < -0.39 is 5.66 Å². The molecule has 10 aromatic rings. The fourth-order valence-corrected chi connectivity index (χ4v) is 10.2. The Bertz CT molecular complexity index is 3290. The Balaban J connectivity index is 1.18. The van der Waals surface area contributed by atoms with Gasteiger partial charge in [-0.25, -0.2) is 0 Å². The van der Waals surface area contributed by atoms with Crippen molar-refractivity contribution in [1.82, 2.24) is 18.8 Å². The zero-order valence-electron chi connectivity index (χ0n) is 28.9. The molecule has 13 rings (SSSR count). The van der Waals surface area contributed by atoms with Gasteiger partial charge in [-0.3, -0.25) is 4.98 Å². The summed E-state index contributed by atoms with van der Waals surface area (Å²) in [5, 5.41) is 3.61. The van der Waals surface area contributed by atoms with Crippen molar-refractivity contribution in [2.45, 2.75) is 19.5 Å². The summed E-state index contributed by atoms with van der Waals surface area (Å²) in [5.74, 6) is 2.89. The second kappa shape index (κ2) is 9.26. The molecular formula is C46H30N6O+2. The lowest BCUT2D eigenvalue weighted by molar-refractivity contribution is -0.995. The molecule has 7 heteroatoms. The number of benzene rings is 5. The summed E-state index contributed by atoms with van der Waals surface area (Å²) in [6, 6.07) is 48.0. The van der Waals surface area contributed by atoms with Gasteiger partial charge in [-0.2, -0.15) is 9.13 Å². The normalized spacial score (nSPS) is 16.0. The SMILES string of the molecule is Cc1c(-c2ccc3c4ncccc4n(-c4ccccc4)c3c2)c(C)[n+]2n1-c1cccc3c1C21c2c(ccc4c5ccccc5n(c24)-c2cccc[n+]21)O3. The highest BCUT2D eigenvalue weighted by atomic mass is 16.5. The van der Waals surface area contributed by atoms with Crippen molar-refractivity contribution < 1.29 is 14.0 Å². The first-order valence-electron chi connectivity index (χ1n) is 18.2. The van der Waals surface area contributed by atoms with E-state index in [0.717, 1.165) is 61.8 Å². The Labute approximate surface area is 303 Å². The van der Waals surface area contributed by atoms with Crippen molar-refractivity contribution in [3.8, 4) is 39.8 Å². The molecule has 1 unspecified atom stereocenters. The predicted molar refractivity (Wildman–Crippen MR) is 206 cm³/mol. The Morgan fingerprint density at radius 2 is 1.45 bits per heavy atom. The van der Waals surface area contributed by atoms with Gasteiger partial charge in [0.25, 0.3) is 5.82 Å². The number of hydrogen-bond donors (Lipinski definition) is 0. The van der Waals surface area contributed by atoms with Gasteiger partial charge in [0.1, 0.15) is 28.3 Å². The molecule has 5 aromatic heterocycles. The fourth-order valence-electron chi connectivity index (χ4n) is 10.2. The summed E-state index contributed by atoms with van der Waals surface area (Å²) in [4.78, 5) is 4.86. The van der Waals surface area contributed by atoms with E-state index in [-0.39, 0.29) is 0 Å². The van der Waals surface area contributed by atoms with Crippen LogP contribution in [0.3, 0.4) is 0 Å². The van der Waals surface area contributed by atoms with E-state index in [4.69, 9.17) is 9.72 Å². The molecule has 0 saturated carbocycles. The van der Waals surface area contributed by atoms with Gasteiger partial charge in [-0.05, 0) is 91.3 Å². The molecular weight excluding hydrogens is 653 g/mol. The van der Waals surface area contributed by atoms with Crippen LogP contribution in [0, 0.1) is 13.8 Å². The van der Waals surface area contributed by atoms with Crippen LogP contribution >= 0.6 is 0 Å². The van der Waals surface area contributed by atoms with Gasteiger partial charge in [0.2, 0.25) is 5.69 Å². The van der Waals surface area contributed by atoms with Crippen molar-refractivity contribution >= 4 is 43.7 Å². The highest BCUT2D eigenvalue weighted by Crippen LogP contribution is 2.56. The Hall–Kier alpha value is -6.99. The van der Waals surface area contributed by atoms with Gasteiger partial charge in [0, 0.05) is 41.0 Å². The van der Waals surface area contributed by atoms with Crippen LogP contribution in [-0.2, 0) is 5.66 Å². The quantitative estimate of drug-likeness (QED) is 0.171. The topological polar surface area (TPSA) is 44.7 Å². The number of aromatic nitrogens is 6. The lowest BCUT2D eigenvalue weighted by atomic mass is 9.84. The monoisotopic (exact) mass is 682 g/mol. The zero-order chi connectivity index (χ0) is 34.7. The summed E-state index contributed by atoms with van der Waals surface area (Å²) in [6.07, 6.45) is 4.14. The lowest BCUT2D eigenvalue weighted by Crippen LogP contribution is -2.77. The maximum Gasteiger partial charge on any atom is 0.397 e. The molecule has 0 fully saturated rings. The van der Waals surface area contributed by atoms with E-state index in [9.17, 15) is 0 Å². The minimum Gasteiger partial charge on any atom is -0.456 e. The number of ether oxygens (including phenoxy) is 1. The molecule has 8 heterocycles. The molecule has 0 aliphatic carbocycles. The van der Waals surface area contributed by atoms with Crippen LogP contribution < -0.4 is 14.0 Å². The first kappa shape index (κ1) is 27.7. The first-order chi connectivity index (χ1) is 26.2. The number of hydrogen-bond acceptors (Lipinski definition) is 2. The number of para-hydroxylation sites is 2. The number of pyridine rings is 2. The lowest BCUT2D eigenvalue weighted by Gasteiger charge is -2.33. The van der Waals surface area contributed by atoms with Crippen LogP contribution in [0.15, 0.2) is 146 Å². The van der Waals surface area contributed by atoms with E-state index in [2.05, 4.69) is 171 Å². The van der Waals surface area contributed by atoms with Crippen molar-refractivity contribution in [3.05, 3.63) is 168 Å². The molecule has 0 amide bonds. The minimum atomic E-state index is -0.736. The number of nitrogens with zero attached hydrogens (tertiary/aromatic N) is 6. The molecule has 7 nitrogen and oxygen atoms in total. The standard InChI is InChI=1S/C46H30N6O/c1-27-41(29-20-21-33-37(26-29)49(30-12-4-3-5-13-30)36-17-11-24-47-44(33)36)28(2)52-46-42-35(51(27)52)16-10-18-38(42)53-39-23-22-32-31-14-6-7-15-34(31)50(45(32)43(39)46)40-19-8-9-25-48(40)46/h3-26H,1-2H3/q+2. The summed E-state index contributed by atoms with van der Waals surface area (Å²) in [7, 11) is 0. The molecule has 0 N–H and O–H groups in total. The second-order valence-electron chi connectivity index (χ2n) is 14.5. The molecule has 1 atom stereocenters. The predicted octanol–water partition coefficient (Wildman–Crippen LogP) is 8.96. The van der Waals surface area contributed by atoms with E-state index in [1.54, 1.807) is 0 Å². The Kier molecular flexibility index (Phi) is 4.84. The molecule has 0 bridgehead atoms. The van der Waals surface area contributed by atoms with E-state index in [1.807, 2.05) is 12.3 Å². The smallest absolute Gasteiger partial charge is 0.397 e. The minimum absolute atomic E-state index is 0.736. The first-order valence-corrected chi connectivity index (χ1v) is 18.2. The van der Waals surface area contributed by atoms with Gasteiger partial charge in [-0.15, -0.1) is 4.68 Å². The third-order valence-electron chi connectivity index (χ3n) is 12.1. The zero-order valence-corrected chi connectivity index (χ0v) is 28.9. The molecule has 1 spiro atoms. The highest BCUT2D eigenvalue weighted by Gasteiger charge is 2.69. The Morgan fingerprint density at radius 3 is 2.38 bits per heavy atom. The largest absolute Gasteiger partial charge is 0.456 e. The van der Waals surface area contributed by atoms with Crippen LogP contribution in [0.2, 0.25) is 0 Å². The molecule has 53 heavy (non-hydrogen) atoms. The van der Waals surface area contributed by atoms with E-state index >= 15 is 0 Å². The van der Waals surface area contributed by atoms with Crippen LogP contribution in [-0.4, -0.2) is 18.8 Å². The van der Waals surface area contributed by atoms with Gasteiger partial charge in [0.05, 0.1) is 34.0 Å². The van der Waals surface area contributed by atoms with Crippen LogP contribution in [0.1, 0.15) is 22.5 Å². The Morgan fingerprint density at radius 1 is 0.642 bits per heavy atom. The van der Waals surface area contributed by atoms with Gasteiger partial charge >= 0.3 is 5.66 Å². The van der Waals surface area contributed by atoms with E-state index in [1.165, 1.54) is 44.3 Å². The second-order valence-corrected chi connectivity index (χ2v) is 14.5. The van der Waals surface area contributed by atoms with E-state index in [0.29, 0.717) is 0 Å². The highest BCUT2D eigenvalue weighted by molar-refractivity contribution is 6.12. The third-order valence-corrected chi connectivity index (χ3v) is 12.1. The number of fused-ring (bicyclic) bond motifs is 10. The van der Waals surface area contributed by atoms with Crippen LogP contribution in [0.25, 0.3) is 72.1 Å². The summed E-state index contributed by atoms with van der Waals surface area (Å²) in [6.45, 7) is 4.56. The van der Waals surface area contributed by atoms with Gasteiger partial charge in [-0.1, -0.05) is 53.2 Å². The van der Waals surface area contributed by atoms with Crippen LogP contribution in [0.4, 0.5) is 0 Å². The van der Waals surface area contributed by atoms with Crippen LogP contribution in [0.5, 0.6) is 11.5 Å². The molecule has 0 saturated heterocycles. The van der Waals surface area contributed by atoms with Crippen molar-refractivity contribution in [3.63, 3.8) is 0 Å². The molecule has 3 aliphatic heterocycles. The third kappa shape index (κ3) is 3.02. The molecule has 5 aromatic carbocycles. The van der Waals surface area contributed by atoms with Crippen molar-refractivity contribution in [2.75, 3.05) is 0 Å². The molecule has 248 valence electrons. The maximum atomic E-state index is 6.91. The van der Waals surface area contributed by atoms with Crippen molar-refractivity contribution in [2.24, 2.45) is 0 Å². The summed E-state index contributed by atoms with van der Waals surface area (Å²) in [5.41, 5.74) is 14.2. The average Bonchev–Trinajstić information content (AvgIpc) is 3.90. The summed E-state index contributed by atoms with van der Waals surface area (Å²) < 4.78 is 19.2. The number of rotatable bonds is 2. The van der Waals surface area contributed by atoms with Crippen molar-refractivity contribution in [1.29, 1.82) is 0 Å². The van der Waals surface area contributed by atoms with Gasteiger partial charge < -0.3 is 9.30 Å². The summed E-state index contributed by atoms with van der Waals surface area (Å²) >= 11 is 0. The average molecular weight is 683 g/mol. The molecule has 0 radical (unpaired) electrons. The fraction of sp³-hybridized carbons (Fsp3) is 0.0652. The van der Waals surface area contributed by atoms with Gasteiger partial charge in [0.15, 0.2) is 11.1 Å².